The zero-order chi connectivity index (χ0) is 15.7. The third-order valence-electron chi connectivity index (χ3n) is 3.80. The average Bonchev–Trinajstić information content (AvgIpc) is 2.86. The number of para-hydroxylation sites is 1. The van der Waals surface area contributed by atoms with Crippen LogP contribution >= 0.6 is 11.3 Å². The van der Waals surface area contributed by atoms with Crippen LogP contribution in [0.3, 0.4) is 0 Å². The first-order valence-corrected chi connectivity index (χ1v) is 8.36. The van der Waals surface area contributed by atoms with Gasteiger partial charge in [0.15, 0.2) is 5.13 Å². The second-order valence-electron chi connectivity index (χ2n) is 6.04. The van der Waals surface area contributed by atoms with Gasteiger partial charge in [0.2, 0.25) is 5.91 Å². The Morgan fingerprint density at radius 1 is 1.50 bits per heavy atom. The van der Waals surface area contributed by atoms with E-state index < -0.39 is 0 Å². The van der Waals surface area contributed by atoms with Crippen LogP contribution in [0, 0.1) is 11.8 Å². The second-order valence-corrected chi connectivity index (χ2v) is 7.05. The number of methoxy groups -OCH3 is 1. The van der Waals surface area contributed by atoms with E-state index in [4.69, 9.17) is 4.74 Å². The predicted molar refractivity (Wildman–Crippen MR) is 89.7 cm³/mol. The molecule has 0 unspecified atom stereocenters. The molecule has 1 amide bonds. The summed E-state index contributed by atoms with van der Waals surface area (Å²) in [6.45, 7) is 6.43. The van der Waals surface area contributed by atoms with Crippen molar-refractivity contribution in [2.75, 3.05) is 31.6 Å². The fourth-order valence-electron chi connectivity index (χ4n) is 2.46. The number of nitrogens with zero attached hydrogens (tertiary/aromatic N) is 2. The van der Waals surface area contributed by atoms with Crippen molar-refractivity contribution in [1.82, 2.24) is 10.3 Å². The molecule has 1 aromatic heterocycles. The Hall–Kier alpha value is -1.82. The van der Waals surface area contributed by atoms with Crippen molar-refractivity contribution < 1.29 is 9.53 Å². The van der Waals surface area contributed by atoms with Gasteiger partial charge in [-0.05, 0) is 18.1 Å². The number of hydrogen-bond acceptors (Lipinski definition) is 5. The number of aromatic nitrogens is 1. The van der Waals surface area contributed by atoms with Crippen LogP contribution in [0.15, 0.2) is 18.2 Å². The molecule has 5 nitrogen and oxygen atoms in total. The minimum Gasteiger partial charge on any atom is -0.494 e. The number of amides is 1. The van der Waals surface area contributed by atoms with Crippen LogP contribution in [-0.4, -0.2) is 37.6 Å². The highest BCUT2D eigenvalue weighted by molar-refractivity contribution is 7.22. The first-order valence-electron chi connectivity index (χ1n) is 7.54. The first kappa shape index (κ1) is 15.1. The summed E-state index contributed by atoms with van der Waals surface area (Å²) in [4.78, 5) is 18.8. The Morgan fingerprint density at radius 3 is 2.95 bits per heavy atom. The molecule has 3 rings (SSSR count). The molecule has 0 saturated carbocycles. The van der Waals surface area contributed by atoms with Crippen molar-refractivity contribution in [1.29, 1.82) is 0 Å². The molecule has 0 aliphatic carbocycles. The average molecular weight is 319 g/mol. The van der Waals surface area contributed by atoms with E-state index in [1.807, 2.05) is 18.2 Å². The number of thiazole rings is 1. The van der Waals surface area contributed by atoms with Gasteiger partial charge in [-0.1, -0.05) is 31.3 Å². The Morgan fingerprint density at radius 2 is 2.27 bits per heavy atom. The maximum Gasteiger partial charge on any atom is 0.226 e. The van der Waals surface area contributed by atoms with E-state index in [-0.39, 0.29) is 11.8 Å². The van der Waals surface area contributed by atoms with Gasteiger partial charge < -0.3 is 15.0 Å². The molecule has 2 aromatic rings. The van der Waals surface area contributed by atoms with Gasteiger partial charge in [0, 0.05) is 19.6 Å². The van der Waals surface area contributed by atoms with Gasteiger partial charge in [-0.3, -0.25) is 4.79 Å². The Kier molecular flexibility index (Phi) is 4.20. The van der Waals surface area contributed by atoms with Crippen molar-refractivity contribution in [2.24, 2.45) is 11.8 Å². The molecule has 22 heavy (non-hydrogen) atoms. The molecule has 1 aliphatic heterocycles. The maximum absolute atomic E-state index is 12.0. The molecule has 2 heterocycles. The van der Waals surface area contributed by atoms with Gasteiger partial charge in [-0.25, -0.2) is 4.98 Å². The van der Waals surface area contributed by atoms with E-state index in [0.29, 0.717) is 5.92 Å². The summed E-state index contributed by atoms with van der Waals surface area (Å²) < 4.78 is 6.46. The topological polar surface area (TPSA) is 54.5 Å². The maximum atomic E-state index is 12.0. The Balaban J connectivity index is 1.64. The Bertz CT molecular complexity index is 677. The summed E-state index contributed by atoms with van der Waals surface area (Å²) in [5.74, 6) is 1.51. The second kappa shape index (κ2) is 6.12. The highest BCUT2D eigenvalue weighted by Crippen LogP contribution is 2.36. The molecule has 1 N–H and O–H groups in total. The molecule has 1 fully saturated rings. The number of benzene rings is 1. The summed E-state index contributed by atoms with van der Waals surface area (Å²) in [5, 5.41) is 3.96. The third kappa shape index (κ3) is 2.88. The van der Waals surface area contributed by atoms with Gasteiger partial charge >= 0.3 is 0 Å². The molecule has 0 bridgehead atoms. The summed E-state index contributed by atoms with van der Waals surface area (Å²) in [6.07, 6.45) is 0. The van der Waals surface area contributed by atoms with Crippen molar-refractivity contribution >= 4 is 32.6 Å². The van der Waals surface area contributed by atoms with E-state index >= 15 is 0 Å². The molecule has 0 atom stereocenters. The minimum absolute atomic E-state index is 0.0765. The van der Waals surface area contributed by atoms with Crippen LogP contribution in [0.1, 0.15) is 13.8 Å². The lowest BCUT2D eigenvalue weighted by Gasteiger charge is -2.38. The lowest BCUT2D eigenvalue weighted by molar-refractivity contribution is -0.125. The number of rotatable bonds is 5. The summed E-state index contributed by atoms with van der Waals surface area (Å²) in [5.41, 5.74) is 0.901. The number of carbonyl (C=O) groups is 1. The molecular weight excluding hydrogens is 298 g/mol. The normalized spacial score (nSPS) is 15.2. The predicted octanol–water partition coefficient (Wildman–Crippen LogP) is 2.51. The van der Waals surface area contributed by atoms with Crippen LogP contribution in [0.4, 0.5) is 5.13 Å². The molecule has 0 radical (unpaired) electrons. The van der Waals surface area contributed by atoms with Gasteiger partial charge in [-0.2, -0.15) is 0 Å². The quantitative estimate of drug-likeness (QED) is 0.920. The van der Waals surface area contributed by atoms with Crippen LogP contribution in [0.25, 0.3) is 10.2 Å². The highest BCUT2D eigenvalue weighted by atomic mass is 32.1. The summed E-state index contributed by atoms with van der Waals surface area (Å²) in [7, 11) is 1.66. The highest BCUT2D eigenvalue weighted by Gasteiger charge is 2.34. The van der Waals surface area contributed by atoms with Gasteiger partial charge in [0.25, 0.3) is 0 Å². The Labute approximate surface area is 134 Å². The zero-order valence-electron chi connectivity index (χ0n) is 13.1. The van der Waals surface area contributed by atoms with E-state index in [2.05, 4.69) is 29.0 Å². The van der Waals surface area contributed by atoms with Gasteiger partial charge in [0.05, 0.1) is 17.7 Å². The molecule has 118 valence electrons. The van der Waals surface area contributed by atoms with Crippen molar-refractivity contribution in [3.8, 4) is 5.75 Å². The number of hydrogen-bond donors (Lipinski definition) is 1. The van der Waals surface area contributed by atoms with Crippen molar-refractivity contribution in [2.45, 2.75) is 13.8 Å². The fraction of sp³-hybridized carbons (Fsp3) is 0.500. The van der Waals surface area contributed by atoms with Gasteiger partial charge in [0.1, 0.15) is 11.3 Å². The van der Waals surface area contributed by atoms with Crippen molar-refractivity contribution in [3.63, 3.8) is 0 Å². The lowest BCUT2D eigenvalue weighted by atomic mass is 10.00. The number of ether oxygens (including phenoxy) is 1. The fourth-order valence-corrected chi connectivity index (χ4v) is 3.46. The van der Waals surface area contributed by atoms with Crippen LogP contribution in [-0.2, 0) is 4.79 Å². The standard InChI is InChI=1S/C16H21N3O2S/c1-10(2)7-17-15(20)11-8-19(9-11)16-18-14-12(21-3)5-4-6-13(14)22-16/h4-6,10-11H,7-9H2,1-3H3,(H,17,20). The monoisotopic (exact) mass is 319 g/mol. The zero-order valence-corrected chi connectivity index (χ0v) is 13.9. The first-order chi connectivity index (χ1) is 10.6. The van der Waals surface area contributed by atoms with Crippen LogP contribution in [0.5, 0.6) is 5.75 Å². The molecule has 6 heteroatoms. The lowest BCUT2D eigenvalue weighted by Crippen LogP contribution is -2.54. The largest absolute Gasteiger partial charge is 0.494 e. The molecule has 1 saturated heterocycles. The van der Waals surface area contributed by atoms with E-state index in [1.165, 1.54) is 0 Å². The summed E-state index contributed by atoms with van der Waals surface area (Å²) >= 11 is 1.65. The minimum atomic E-state index is 0.0765. The van der Waals surface area contributed by atoms with Crippen LogP contribution in [0.2, 0.25) is 0 Å². The SMILES string of the molecule is COc1cccc2sc(N3CC(C(=O)NCC(C)C)C3)nc12. The van der Waals surface area contributed by atoms with Crippen LogP contribution < -0.4 is 15.0 Å². The number of carbonyl (C=O) groups excluding carboxylic acids is 1. The molecule has 1 aliphatic rings. The smallest absolute Gasteiger partial charge is 0.226 e. The van der Waals surface area contributed by atoms with Gasteiger partial charge in [-0.15, -0.1) is 0 Å². The number of fused-ring (bicyclic) bond motifs is 1. The van der Waals surface area contributed by atoms with Crippen molar-refractivity contribution in [3.05, 3.63) is 18.2 Å². The molecule has 0 spiro atoms. The third-order valence-corrected chi connectivity index (χ3v) is 4.88. The van der Waals surface area contributed by atoms with E-state index in [0.717, 1.165) is 40.7 Å². The molecule has 1 aromatic carbocycles. The van der Waals surface area contributed by atoms with E-state index in [9.17, 15) is 4.79 Å². The summed E-state index contributed by atoms with van der Waals surface area (Å²) in [6, 6.07) is 5.94. The number of nitrogens with one attached hydrogen (secondary N) is 1. The molecular formula is C16H21N3O2S. The number of anilines is 1. The van der Waals surface area contributed by atoms with E-state index in [1.54, 1.807) is 18.4 Å².